The van der Waals surface area contributed by atoms with E-state index in [2.05, 4.69) is 16.6 Å². The Kier molecular flexibility index (Phi) is 4.56. The highest BCUT2D eigenvalue weighted by Crippen LogP contribution is 2.12. The molecule has 3 nitrogen and oxygen atoms in total. The molecular formula is C13H14O3. The summed E-state index contributed by atoms with van der Waals surface area (Å²) in [5, 5.41) is 9.65. The quantitative estimate of drug-likeness (QED) is 0.466. The first-order chi connectivity index (χ1) is 7.63. The molecule has 1 aromatic carbocycles. The standard InChI is InChI=1S/C13H14O3/c1-3-16-13(15)9-8-12(14)11-6-4-10(2)5-7-11/h4-7,12,14H,3H2,1-2H3. The van der Waals surface area contributed by atoms with Crippen molar-refractivity contribution in [3.05, 3.63) is 35.4 Å². The van der Waals surface area contributed by atoms with Crippen molar-refractivity contribution in [3.63, 3.8) is 0 Å². The Balaban J connectivity index is 2.68. The fourth-order valence-electron chi connectivity index (χ4n) is 1.13. The number of ether oxygens (including phenoxy) is 1. The van der Waals surface area contributed by atoms with Crippen LogP contribution in [0.2, 0.25) is 0 Å². The van der Waals surface area contributed by atoms with E-state index in [1.54, 1.807) is 19.1 Å². The van der Waals surface area contributed by atoms with E-state index in [0.29, 0.717) is 5.56 Å². The number of carbonyl (C=O) groups excluding carboxylic acids is 1. The molecule has 0 amide bonds. The van der Waals surface area contributed by atoms with Crippen molar-refractivity contribution >= 4 is 5.97 Å². The number of rotatable bonds is 2. The Labute approximate surface area is 95.1 Å². The molecule has 3 heteroatoms. The Morgan fingerprint density at radius 1 is 1.44 bits per heavy atom. The van der Waals surface area contributed by atoms with Gasteiger partial charge in [0.25, 0.3) is 0 Å². The molecule has 0 aliphatic rings. The summed E-state index contributed by atoms with van der Waals surface area (Å²) in [4.78, 5) is 10.9. The first-order valence-electron chi connectivity index (χ1n) is 5.06. The fraction of sp³-hybridized carbons (Fsp3) is 0.308. The van der Waals surface area contributed by atoms with Crippen LogP contribution in [0.4, 0.5) is 0 Å². The van der Waals surface area contributed by atoms with E-state index in [1.165, 1.54) is 0 Å². The Bertz CT molecular complexity index is 409. The maximum atomic E-state index is 10.9. The zero-order valence-corrected chi connectivity index (χ0v) is 9.36. The molecule has 0 saturated heterocycles. The maximum Gasteiger partial charge on any atom is 0.384 e. The van der Waals surface area contributed by atoms with Crippen LogP contribution in [0.5, 0.6) is 0 Å². The molecule has 0 spiro atoms. The van der Waals surface area contributed by atoms with Crippen LogP contribution in [0.15, 0.2) is 24.3 Å². The van der Waals surface area contributed by atoms with Crippen LogP contribution in [0, 0.1) is 18.8 Å². The Morgan fingerprint density at radius 3 is 2.62 bits per heavy atom. The molecule has 1 aromatic rings. The SMILES string of the molecule is CCOC(=O)C#CC(O)c1ccc(C)cc1. The summed E-state index contributed by atoms with van der Waals surface area (Å²) in [6.07, 6.45) is -0.954. The van der Waals surface area contributed by atoms with Crippen LogP contribution in [-0.2, 0) is 9.53 Å². The topological polar surface area (TPSA) is 46.5 Å². The molecule has 0 aliphatic carbocycles. The summed E-state index contributed by atoms with van der Waals surface area (Å²) in [6.45, 7) is 3.95. The average Bonchev–Trinajstić information content (AvgIpc) is 2.27. The van der Waals surface area contributed by atoms with Gasteiger partial charge in [-0.1, -0.05) is 35.7 Å². The highest BCUT2D eigenvalue weighted by Gasteiger charge is 2.03. The molecule has 84 valence electrons. The van der Waals surface area contributed by atoms with Gasteiger partial charge in [0.05, 0.1) is 6.61 Å². The van der Waals surface area contributed by atoms with E-state index in [9.17, 15) is 9.90 Å². The lowest BCUT2D eigenvalue weighted by atomic mass is 10.1. The number of hydrogen-bond donors (Lipinski definition) is 1. The number of aliphatic hydroxyl groups excluding tert-OH is 1. The number of benzene rings is 1. The average molecular weight is 218 g/mol. The molecule has 1 atom stereocenters. The molecule has 0 saturated carbocycles. The van der Waals surface area contributed by atoms with Gasteiger partial charge in [0.1, 0.15) is 6.10 Å². The van der Waals surface area contributed by atoms with Gasteiger partial charge in [0, 0.05) is 5.92 Å². The predicted octanol–water partition coefficient (Wildman–Crippen LogP) is 1.59. The van der Waals surface area contributed by atoms with Crippen LogP contribution >= 0.6 is 0 Å². The zero-order chi connectivity index (χ0) is 12.0. The van der Waals surface area contributed by atoms with Crippen molar-refractivity contribution in [3.8, 4) is 11.8 Å². The molecule has 1 N–H and O–H groups in total. The third kappa shape index (κ3) is 3.76. The molecule has 1 rings (SSSR count). The number of aryl methyl sites for hydroxylation is 1. The molecule has 16 heavy (non-hydrogen) atoms. The minimum Gasteiger partial charge on any atom is -0.456 e. The van der Waals surface area contributed by atoms with E-state index in [1.807, 2.05) is 19.1 Å². The van der Waals surface area contributed by atoms with Crippen LogP contribution < -0.4 is 0 Å². The van der Waals surface area contributed by atoms with E-state index in [-0.39, 0.29) is 6.61 Å². The monoisotopic (exact) mass is 218 g/mol. The van der Waals surface area contributed by atoms with Crippen molar-refractivity contribution in [1.29, 1.82) is 0 Å². The first kappa shape index (κ1) is 12.3. The summed E-state index contributed by atoms with van der Waals surface area (Å²) in [7, 11) is 0. The normalized spacial score (nSPS) is 11.2. The second-order valence-electron chi connectivity index (χ2n) is 3.30. The summed E-state index contributed by atoms with van der Waals surface area (Å²) < 4.78 is 4.62. The molecule has 0 aliphatic heterocycles. The molecule has 0 bridgehead atoms. The van der Waals surface area contributed by atoms with Crippen molar-refractivity contribution in [1.82, 2.24) is 0 Å². The minimum absolute atomic E-state index is 0.286. The van der Waals surface area contributed by atoms with Gasteiger partial charge in [-0.25, -0.2) is 4.79 Å². The van der Waals surface area contributed by atoms with Gasteiger partial charge in [-0.3, -0.25) is 0 Å². The second-order valence-corrected chi connectivity index (χ2v) is 3.30. The summed E-state index contributed by atoms with van der Waals surface area (Å²) >= 11 is 0. The smallest absolute Gasteiger partial charge is 0.384 e. The summed E-state index contributed by atoms with van der Waals surface area (Å²) in [5.74, 6) is 4.05. The molecular weight excluding hydrogens is 204 g/mol. The lowest BCUT2D eigenvalue weighted by molar-refractivity contribution is -0.136. The third-order valence-electron chi connectivity index (χ3n) is 1.98. The van der Waals surface area contributed by atoms with Crippen molar-refractivity contribution in [2.45, 2.75) is 20.0 Å². The molecule has 0 aromatic heterocycles. The van der Waals surface area contributed by atoms with Crippen molar-refractivity contribution in [2.24, 2.45) is 0 Å². The van der Waals surface area contributed by atoms with Gasteiger partial charge < -0.3 is 9.84 Å². The Hall–Kier alpha value is -1.79. The van der Waals surface area contributed by atoms with E-state index in [4.69, 9.17) is 0 Å². The number of aliphatic hydroxyl groups is 1. The summed E-state index contributed by atoms with van der Waals surface area (Å²) in [5.41, 5.74) is 1.77. The van der Waals surface area contributed by atoms with Gasteiger partial charge >= 0.3 is 5.97 Å². The number of hydrogen-bond acceptors (Lipinski definition) is 3. The van der Waals surface area contributed by atoms with Crippen molar-refractivity contribution < 1.29 is 14.6 Å². The molecule has 0 heterocycles. The lowest BCUT2D eigenvalue weighted by Gasteiger charge is -2.03. The van der Waals surface area contributed by atoms with Gasteiger partial charge in [-0.2, -0.15) is 0 Å². The highest BCUT2D eigenvalue weighted by molar-refractivity contribution is 5.88. The van der Waals surface area contributed by atoms with E-state index in [0.717, 1.165) is 5.56 Å². The molecule has 0 radical (unpaired) electrons. The van der Waals surface area contributed by atoms with Crippen LogP contribution in [0.1, 0.15) is 24.2 Å². The van der Waals surface area contributed by atoms with Gasteiger partial charge in [0.15, 0.2) is 0 Å². The Morgan fingerprint density at radius 2 is 2.06 bits per heavy atom. The maximum absolute atomic E-state index is 10.9. The van der Waals surface area contributed by atoms with E-state index < -0.39 is 12.1 Å². The molecule has 0 fully saturated rings. The summed E-state index contributed by atoms with van der Waals surface area (Å²) in [6, 6.07) is 7.31. The number of carbonyl (C=O) groups is 1. The predicted molar refractivity (Wildman–Crippen MR) is 60.5 cm³/mol. The van der Waals surface area contributed by atoms with Gasteiger partial charge in [0.2, 0.25) is 0 Å². The fourth-order valence-corrected chi connectivity index (χ4v) is 1.13. The minimum atomic E-state index is -0.954. The van der Waals surface area contributed by atoms with Crippen LogP contribution in [0.25, 0.3) is 0 Å². The lowest BCUT2D eigenvalue weighted by Crippen LogP contribution is -2.01. The zero-order valence-electron chi connectivity index (χ0n) is 9.36. The van der Waals surface area contributed by atoms with Crippen LogP contribution in [-0.4, -0.2) is 17.7 Å². The van der Waals surface area contributed by atoms with Crippen LogP contribution in [0.3, 0.4) is 0 Å². The highest BCUT2D eigenvalue weighted by atomic mass is 16.5. The first-order valence-corrected chi connectivity index (χ1v) is 5.06. The third-order valence-corrected chi connectivity index (χ3v) is 1.98. The largest absolute Gasteiger partial charge is 0.456 e. The van der Waals surface area contributed by atoms with Gasteiger partial charge in [-0.05, 0) is 19.4 Å². The second kappa shape index (κ2) is 5.94. The van der Waals surface area contributed by atoms with Crippen molar-refractivity contribution in [2.75, 3.05) is 6.61 Å². The molecule has 1 unspecified atom stereocenters. The van der Waals surface area contributed by atoms with Gasteiger partial charge in [-0.15, -0.1) is 0 Å². The van der Waals surface area contributed by atoms with E-state index >= 15 is 0 Å². The number of esters is 1.